The van der Waals surface area contributed by atoms with Crippen LogP contribution in [0.3, 0.4) is 0 Å². The molecule has 0 radical (unpaired) electrons. The lowest BCUT2D eigenvalue weighted by atomic mass is 10.0. The van der Waals surface area contributed by atoms with Gasteiger partial charge in [-0.05, 0) is 17.2 Å². The lowest BCUT2D eigenvalue weighted by Gasteiger charge is -2.22. The number of hydrogen-bond acceptors (Lipinski definition) is 3. The number of aliphatic hydroxyl groups is 1. The van der Waals surface area contributed by atoms with Crippen LogP contribution in [0.5, 0.6) is 0 Å². The summed E-state index contributed by atoms with van der Waals surface area (Å²) >= 11 is 10.8. The molecule has 2 unspecified atom stereocenters. The molecule has 1 rings (SSSR count). The monoisotopic (exact) mass is 376 g/mol. The van der Waals surface area contributed by atoms with Crippen LogP contribution in [-0.2, 0) is 9.59 Å². The molecule has 24 heavy (non-hydrogen) atoms. The van der Waals surface area contributed by atoms with Crippen LogP contribution in [0.4, 0.5) is 4.39 Å². The number of carbonyl (C=O) groups is 2. The van der Waals surface area contributed by atoms with Gasteiger partial charge in [-0.2, -0.15) is 0 Å². The van der Waals surface area contributed by atoms with Gasteiger partial charge in [0.15, 0.2) is 4.84 Å². The minimum Gasteiger partial charge on any atom is -0.386 e. The maximum atomic E-state index is 13.1. The highest BCUT2D eigenvalue weighted by molar-refractivity contribution is 6.53. The Bertz CT molecular complexity index is 591. The van der Waals surface area contributed by atoms with Crippen LogP contribution in [0.2, 0.25) is 0 Å². The first-order valence-corrected chi connectivity index (χ1v) is 7.95. The quantitative estimate of drug-likeness (QED) is 0.565. The second-order valence-corrected chi connectivity index (χ2v) is 6.34. The van der Waals surface area contributed by atoms with Crippen molar-refractivity contribution in [3.05, 3.63) is 41.5 Å². The maximum absolute atomic E-state index is 13.1. The van der Waals surface area contributed by atoms with Crippen molar-refractivity contribution in [3.8, 4) is 0 Å². The van der Waals surface area contributed by atoms with E-state index in [4.69, 9.17) is 23.2 Å². The van der Waals surface area contributed by atoms with Crippen molar-refractivity contribution in [2.75, 3.05) is 20.8 Å². The molecule has 0 heterocycles. The minimum atomic E-state index is -1.34. The summed E-state index contributed by atoms with van der Waals surface area (Å²) in [7, 11) is 3.29. The van der Waals surface area contributed by atoms with Gasteiger partial charge in [-0.1, -0.05) is 47.5 Å². The molecular formula is C16H19Cl2FN2O3. The highest BCUT2D eigenvalue weighted by atomic mass is 35.5. The molecular weight excluding hydrogens is 358 g/mol. The lowest BCUT2D eigenvalue weighted by Crippen LogP contribution is -2.43. The number of amides is 2. The van der Waals surface area contributed by atoms with E-state index in [-0.39, 0.29) is 5.91 Å². The van der Waals surface area contributed by atoms with E-state index in [1.165, 1.54) is 11.0 Å². The molecule has 0 aliphatic carbocycles. The van der Waals surface area contributed by atoms with E-state index in [1.54, 1.807) is 44.4 Å². The average molecular weight is 377 g/mol. The van der Waals surface area contributed by atoms with Crippen molar-refractivity contribution < 1.29 is 19.1 Å². The zero-order valence-corrected chi connectivity index (χ0v) is 14.8. The largest absolute Gasteiger partial charge is 0.386 e. The Morgan fingerprint density at radius 1 is 1.29 bits per heavy atom. The van der Waals surface area contributed by atoms with Crippen molar-refractivity contribution in [1.29, 1.82) is 0 Å². The van der Waals surface area contributed by atoms with Gasteiger partial charge >= 0.3 is 0 Å². The first-order chi connectivity index (χ1) is 11.3. The second kappa shape index (κ2) is 9.61. The lowest BCUT2D eigenvalue weighted by molar-refractivity contribution is -0.123. The number of nitrogens with one attached hydrogen (secondary N) is 1. The number of carbonyl (C=O) groups excluding carboxylic acids is 2. The number of aliphatic hydroxyl groups excluding tert-OH is 1. The smallest absolute Gasteiger partial charge is 0.253 e. The number of rotatable bonds is 7. The van der Waals surface area contributed by atoms with E-state index in [1.807, 2.05) is 0 Å². The first kappa shape index (κ1) is 20.4. The Morgan fingerprint density at radius 2 is 1.88 bits per heavy atom. The van der Waals surface area contributed by atoms with Crippen LogP contribution >= 0.6 is 23.2 Å². The number of benzene rings is 1. The van der Waals surface area contributed by atoms with Crippen LogP contribution in [-0.4, -0.2) is 53.5 Å². The van der Waals surface area contributed by atoms with E-state index in [0.29, 0.717) is 5.56 Å². The van der Waals surface area contributed by atoms with Gasteiger partial charge in [0.25, 0.3) is 5.91 Å². The molecule has 8 heteroatoms. The SMILES string of the molecule is CN(C)C(=O)C=Cc1ccc(C(O)C(CF)NC(=O)C(Cl)Cl)cc1. The fourth-order valence-electron chi connectivity index (χ4n) is 1.80. The van der Waals surface area contributed by atoms with Gasteiger partial charge in [0.1, 0.15) is 12.8 Å². The van der Waals surface area contributed by atoms with E-state index in [2.05, 4.69) is 5.32 Å². The van der Waals surface area contributed by atoms with E-state index < -0.39 is 29.6 Å². The summed E-state index contributed by atoms with van der Waals surface area (Å²) in [5.74, 6) is -0.933. The van der Waals surface area contributed by atoms with Crippen LogP contribution in [0.15, 0.2) is 30.3 Å². The van der Waals surface area contributed by atoms with E-state index in [9.17, 15) is 19.1 Å². The van der Waals surface area contributed by atoms with E-state index in [0.717, 1.165) is 5.56 Å². The Kier molecular flexibility index (Phi) is 8.18. The van der Waals surface area contributed by atoms with Crippen molar-refractivity contribution in [3.63, 3.8) is 0 Å². The summed E-state index contributed by atoms with van der Waals surface area (Å²) < 4.78 is 13.1. The van der Waals surface area contributed by atoms with Crippen molar-refractivity contribution in [1.82, 2.24) is 10.2 Å². The molecule has 0 aromatic heterocycles. The predicted octanol–water partition coefficient (Wildman–Crippen LogP) is 2.08. The van der Waals surface area contributed by atoms with Gasteiger partial charge in [-0.15, -0.1) is 0 Å². The molecule has 2 atom stereocenters. The number of halogens is 3. The Hall–Kier alpha value is -1.63. The number of nitrogens with zero attached hydrogens (tertiary/aromatic N) is 1. The average Bonchev–Trinajstić information content (AvgIpc) is 2.56. The molecule has 1 aromatic carbocycles. The highest BCUT2D eigenvalue weighted by Crippen LogP contribution is 2.19. The number of alkyl halides is 3. The molecule has 132 valence electrons. The van der Waals surface area contributed by atoms with Gasteiger partial charge in [0.05, 0.1) is 6.04 Å². The Labute approximate surface area is 150 Å². The standard InChI is InChI=1S/C16H19Cl2FN2O3/c1-21(2)13(22)8-5-10-3-6-11(7-4-10)14(23)12(9-19)20-16(24)15(17)18/h3-8,12,14-15,23H,9H2,1-2H3,(H,20,24). The summed E-state index contributed by atoms with van der Waals surface area (Å²) in [6.45, 7) is -0.980. The van der Waals surface area contributed by atoms with Gasteiger partial charge in [-0.3, -0.25) is 9.59 Å². The summed E-state index contributed by atoms with van der Waals surface area (Å²) in [5, 5.41) is 12.4. The molecule has 0 saturated heterocycles. The minimum absolute atomic E-state index is 0.156. The molecule has 2 amide bonds. The topological polar surface area (TPSA) is 69.6 Å². The molecule has 1 aromatic rings. The summed E-state index contributed by atoms with van der Waals surface area (Å²) in [5.41, 5.74) is 1.15. The highest BCUT2D eigenvalue weighted by Gasteiger charge is 2.25. The zero-order chi connectivity index (χ0) is 18.3. The Balaban J connectivity index is 2.79. The third kappa shape index (κ3) is 6.11. The normalized spacial score (nSPS) is 13.8. The molecule has 0 fully saturated rings. The van der Waals surface area contributed by atoms with Crippen LogP contribution in [0.1, 0.15) is 17.2 Å². The molecule has 0 saturated carbocycles. The molecule has 2 N–H and O–H groups in total. The fraction of sp³-hybridized carbons (Fsp3) is 0.375. The van der Waals surface area contributed by atoms with Gasteiger partial charge in [0, 0.05) is 20.2 Å². The fourth-order valence-corrected chi connectivity index (χ4v) is 1.93. The predicted molar refractivity (Wildman–Crippen MR) is 92.5 cm³/mol. The summed E-state index contributed by atoms with van der Waals surface area (Å²) in [6, 6.07) is 5.34. The third-order valence-corrected chi connectivity index (χ3v) is 3.61. The summed E-state index contributed by atoms with van der Waals surface area (Å²) in [6.07, 6.45) is 1.78. The molecule has 0 spiro atoms. The van der Waals surface area contributed by atoms with Gasteiger partial charge in [0.2, 0.25) is 5.91 Å². The van der Waals surface area contributed by atoms with Crippen LogP contribution < -0.4 is 5.32 Å². The molecule has 5 nitrogen and oxygen atoms in total. The van der Waals surface area contributed by atoms with Crippen LogP contribution in [0.25, 0.3) is 6.08 Å². The number of likely N-dealkylation sites (N-methyl/N-ethyl adjacent to an activating group) is 1. The molecule has 0 aliphatic heterocycles. The Morgan fingerprint density at radius 3 is 2.33 bits per heavy atom. The molecule has 0 aliphatic rings. The second-order valence-electron chi connectivity index (χ2n) is 5.25. The van der Waals surface area contributed by atoms with Gasteiger partial charge in [-0.25, -0.2) is 4.39 Å². The first-order valence-electron chi connectivity index (χ1n) is 7.08. The van der Waals surface area contributed by atoms with Crippen LogP contribution in [0, 0.1) is 0 Å². The van der Waals surface area contributed by atoms with Crippen molar-refractivity contribution in [2.24, 2.45) is 0 Å². The number of hydrogen-bond donors (Lipinski definition) is 2. The third-order valence-electron chi connectivity index (χ3n) is 3.21. The van der Waals surface area contributed by atoms with Gasteiger partial charge < -0.3 is 15.3 Å². The van der Waals surface area contributed by atoms with Crippen molar-refractivity contribution in [2.45, 2.75) is 17.0 Å². The van der Waals surface area contributed by atoms with Crippen molar-refractivity contribution >= 4 is 41.1 Å². The van der Waals surface area contributed by atoms with E-state index >= 15 is 0 Å². The molecule has 0 bridgehead atoms. The summed E-state index contributed by atoms with van der Waals surface area (Å²) in [4.78, 5) is 23.0. The zero-order valence-electron chi connectivity index (χ0n) is 13.2. The maximum Gasteiger partial charge on any atom is 0.253 e.